The van der Waals surface area contributed by atoms with Crippen LogP contribution in [0.2, 0.25) is 0 Å². The van der Waals surface area contributed by atoms with E-state index in [1.54, 1.807) is 18.2 Å². The van der Waals surface area contributed by atoms with Gasteiger partial charge in [0.05, 0.1) is 11.3 Å². The second kappa shape index (κ2) is 6.47. The SMILES string of the molecule is CN(C)c1ccc(N)cc1C(=O)OC1CCCCNC1=O. The van der Waals surface area contributed by atoms with Gasteiger partial charge in [0.15, 0.2) is 6.10 Å². The Morgan fingerprint density at radius 3 is 2.86 bits per heavy atom. The third-order valence-electron chi connectivity index (χ3n) is 3.46. The third-order valence-corrected chi connectivity index (χ3v) is 3.46. The highest BCUT2D eigenvalue weighted by molar-refractivity contribution is 5.98. The van der Waals surface area contributed by atoms with Crippen molar-refractivity contribution in [3.63, 3.8) is 0 Å². The average Bonchev–Trinajstić information content (AvgIpc) is 2.63. The molecule has 0 spiro atoms. The van der Waals surface area contributed by atoms with Gasteiger partial charge in [0, 0.05) is 26.3 Å². The number of rotatable bonds is 3. The zero-order chi connectivity index (χ0) is 15.4. The largest absolute Gasteiger partial charge is 0.449 e. The molecular formula is C15H21N3O3. The van der Waals surface area contributed by atoms with Crippen LogP contribution >= 0.6 is 0 Å². The zero-order valence-corrected chi connectivity index (χ0v) is 12.4. The number of carbonyl (C=O) groups is 2. The number of nitrogens with zero attached hydrogens (tertiary/aromatic N) is 1. The average molecular weight is 291 g/mol. The molecule has 2 rings (SSSR count). The van der Waals surface area contributed by atoms with Crippen molar-refractivity contribution in [1.82, 2.24) is 5.32 Å². The number of carbonyl (C=O) groups excluding carboxylic acids is 2. The molecule has 0 saturated carbocycles. The summed E-state index contributed by atoms with van der Waals surface area (Å²) in [6.45, 7) is 0.633. The summed E-state index contributed by atoms with van der Waals surface area (Å²) < 4.78 is 5.38. The van der Waals surface area contributed by atoms with E-state index in [4.69, 9.17) is 10.5 Å². The molecule has 0 aliphatic carbocycles. The lowest BCUT2D eigenvalue weighted by molar-refractivity contribution is -0.129. The van der Waals surface area contributed by atoms with Crippen molar-refractivity contribution in [1.29, 1.82) is 0 Å². The van der Waals surface area contributed by atoms with Crippen LogP contribution in [-0.4, -0.2) is 38.6 Å². The Morgan fingerprint density at radius 1 is 1.38 bits per heavy atom. The number of amides is 1. The monoisotopic (exact) mass is 291 g/mol. The van der Waals surface area contributed by atoms with Gasteiger partial charge < -0.3 is 20.7 Å². The molecule has 1 aliphatic heterocycles. The molecule has 1 heterocycles. The molecule has 0 radical (unpaired) electrons. The van der Waals surface area contributed by atoms with E-state index in [2.05, 4.69) is 5.32 Å². The van der Waals surface area contributed by atoms with Gasteiger partial charge in [-0.1, -0.05) is 0 Å². The van der Waals surface area contributed by atoms with E-state index in [0.717, 1.165) is 12.8 Å². The summed E-state index contributed by atoms with van der Waals surface area (Å²) in [6, 6.07) is 5.07. The summed E-state index contributed by atoms with van der Waals surface area (Å²) in [7, 11) is 3.67. The molecule has 1 aliphatic rings. The molecule has 1 aromatic carbocycles. The van der Waals surface area contributed by atoms with Crippen molar-refractivity contribution >= 4 is 23.3 Å². The van der Waals surface area contributed by atoms with Crippen molar-refractivity contribution in [2.45, 2.75) is 25.4 Å². The molecule has 1 atom stereocenters. The van der Waals surface area contributed by atoms with Crippen LogP contribution in [0, 0.1) is 0 Å². The fourth-order valence-electron chi connectivity index (χ4n) is 2.32. The van der Waals surface area contributed by atoms with Crippen LogP contribution in [0.25, 0.3) is 0 Å². The number of hydrogen-bond acceptors (Lipinski definition) is 5. The number of nitrogens with two attached hydrogens (primary N) is 1. The minimum atomic E-state index is -0.726. The van der Waals surface area contributed by atoms with Gasteiger partial charge in [0.25, 0.3) is 5.91 Å². The topological polar surface area (TPSA) is 84.7 Å². The molecule has 6 heteroatoms. The Hall–Kier alpha value is -2.24. The van der Waals surface area contributed by atoms with Gasteiger partial charge in [-0.05, 0) is 37.5 Å². The van der Waals surface area contributed by atoms with E-state index in [-0.39, 0.29) is 5.91 Å². The summed E-state index contributed by atoms with van der Waals surface area (Å²) in [5, 5.41) is 2.75. The second-order valence-corrected chi connectivity index (χ2v) is 5.35. The molecule has 1 saturated heterocycles. The van der Waals surface area contributed by atoms with Gasteiger partial charge in [0.1, 0.15) is 0 Å². The maximum Gasteiger partial charge on any atom is 0.341 e. The van der Waals surface area contributed by atoms with Gasteiger partial charge in [-0.25, -0.2) is 4.79 Å². The van der Waals surface area contributed by atoms with Crippen LogP contribution in [0.1, 0.15) is 29.6 Å². The summed E-state index contributed by atoms with van der Waals surface area (Å²) in [4.78, 5) is 26.0. The Balaban J connectivity index is 2.19. The van der Waals surface area contributed by atoms with Crippen LogP contribution in [0.4, 0.5) is 11.4 Å². The fraction of sp³-hybridized carbons (Fsp3) is 0.467. The first-order chi connectivity index (χ1) is 9.99. The molecule has 1 amide bonds. The number of hydrogen-bond donors (Lipinski definition) is 2. The first kappa shape index (κ1) is 15.2. The molecule has 1 fully saturated rings. The van der Waals surface area contributed by atoms with Crippen molar-refractivity contribution in [3.8, 4) is 0 Å². The van der Waals surface area contributed by atoms with Crippen molar-refractivity contribution in [3.05, 3.63) is 23.8 Å². The first-order valence-electron chi connectivity index (χ1n) is 7.04. The van der Waals surface area contributed by atoms with Crippen LogP contribution in [0.15, 0.2) is 18.2 Å². The maximum absolute atomic E-state index is 12.4. The summed E-state index contributed by atoms with van der Waals surface area (Å²) in [5.41, 5.74) is 7.31. The van der Waals surface area contributed by atoms with Gasteiger partial charge in [0.2, 0.25) is 0 Å². The Labute approximate surface area is 124 Å². The Kier molecular flexibility index (Phi) is 4.67. The Bertz CT molecular complexity index is 543. The number of nitrogens with one attached hydrogen (secondary N) is 1. The molecule has 3 N–H and O–H groups in total. The highest BCUT2D eigenvalue weighted by Crippen LogP contribution is 2.23. The lowest BCUT2D eigenvalue weighted by atomic mass is 10.1. The maximum atomic E-state index is 12.4. The highest BCUT2D eigenvalue weighted by Gasteiger charge is 2.26. The minimum Gasteiger partial charge on any atom is -0.449 e. The van der Waals surface area contributed by atoms with Crippen molar-refractivity contribution in [2.24, 2.45) is 0 Å². The summed E-state index contributed by atoms with van der Waals surface area (Å²) >= 11 is 0. The highest BCUT2D eigenvalue weighted by atomic mass is 16.5. The van der Waals surface area contributed by atoms with E-state index in [1.807, 2.05) is 19.0 Å². The fourth-order valence-corrected chi connectivity index (χ4v) is 2.32. The molecule has 6 nitrogen and oxygen atoms in total. The lowest BCUT2D eigenvalue weighted by Gasteiger charge is -2.19. The standard InChI is InChI=1S/C15H21N3O3/c1-18(2)12-7-6-10(16)9-11(12)15(20)21-13-5-3-4-8-17-14(13)19/h6-7,9,13H,3-5,8,16H2,1-2H3,(H,17,19). The number of anilines is 2. The smallest absolute Gasteiger partial charge is 0.341 e. The van der Waals surface area contributed by atoms with E-state index >= 15 is 0 Å². The van der Waals surface area contributed by atoms with Gasteiger partial charge in [-0.2, -0.15) is 0 Å². The first-order valence-corrected chi connectivity index (χ1v) is 7.04. The number of benzene rings is 1. The van der Waals surface area contributed by atoms with E-state index in [9.17, 15) is 9.59 Å². The molecule has 21 heavy (non-hydrogen) atoms. The van der Waals surface area contributed by atoms with Crippen LogP contribution in [0.3, 0.4) is 0 Å². The van der Waals surface area contributed by atoms with Gasteiger partial charge in [-0.3, -0.25) is 4.79 Å². The van der Waals surface area contributed by atoms with E-state index in [1.165, 1.54) is 0 Å². The summed E-state index contributed by atoms with van der Waals surface area (Å²) in [5.74, 6) is -0.746. The van der Waals surface area contributed by atoms with E-state index in [0.29, 0.717) is 29.9 Å². The minimum absolute atomic E-state index is 0.226. The van der Waals surface area contributed by atoms with Crippen LogP contribution in [0.5, 0.6) is 0 Å². The lowest BCUT2D eigenvalue weighted by Crippen LogP contribution is -2.36. The van der Waals surface area contributed by atoms with Crippen LogP contribution < -0.4 is 16.0 Å². The zero-order valence-electron chi connectivity index (χ0n) is 12.4. The second-order valence-electron chi connectivity index (χ2n) is 5.35. The molecule has 0 aromatic heterocycles. The molecule has 1 aromatic rings. The van der Waals surface area contributed by atoms with Crippen molar-refractivity contribution in [2.75, 3.05) is 31.3 Å². The molecule has 0 bridgehead atoms. The quantitative estimate of drug-likeness (QED) is 0.645. The third kappa shape index (κ3) is 3.65. The Morgan fingerprint density at radius 2 is 2.14 bits per heavy atom. The number of ether oxygens (including phenoxy) is 1. The molecule has 114 valence electrons. The van der Waals surface area contributed by atoms with E-state index < -0.39 is 12.1 Å². The number of nitrogen functional groups attached to an aromatic ring is 1. The molecular weight excluding hydrogens is 270 g/mol. The predicted molar refractivity (Wildman–Crippen MR) is 81.2 cm³/mol. The van der Waals surface area contributed by atoms with Gasteiger partial charge in [-0.15, -0.1) is 0 Å². The summed E-state index contributed by atoms with van der Waals surface area (Å²) in [6.07, 6.45) is 1.59. The van der Waals surface area contributed by atoms with Crippen molar-refractivity contribution < 1.29 is 14.3 Å². The van der Waals surface area contributed by atoms with Gasteiger partial charge >= 0.3 is 5.97 Å². The molecule has 1 unspecified atom stereocenters. The normalized spacial score (nSPS) is 18.6. The predicted octanol–water partition coefficient (Wildman–Crippen LogP) is 1.16. The number of esters is 1. The van der Waals surface area contributed by atoms with Crippen LogP contribution in [-0.2, 0) is 9.53 Å².